The maximum Gasteiger partial charge on any atom is 0.338 e. The van der Waals surface area contributed by atoms with E-state index in [1.54, 1.807) is 31.6 Å². The Morgan fingerprint density at radius 2 is 1.97 bits per heavy atom. The van der Waals surface area contributed by atoms with Crippen molar-refractivity contribution in [2.24, 2.45) is 4.99 Å². The average Bonchev–Trinajstić information content (AvgIpc) is 3.47. The first-order valence-electron chi connectivity index (χ1n) is 11.9. The first-order chi connectivity index (χ1) is 17.8. The number of thiazole rings is 1. The number of furan rings is 1. The van der Waals surface area contributed by atoms with Gasteiger partial charge >= 0.3 is 5.97 Å². The van der Waals surface area contributed by atoms with Crippen LogP contribution in [0.25, 0.3) is 16.8 Å². The first kappa shape index (κ1) is 24.6. The molecule has 0 radical (unpaired) electrons. The summed E-state index contributed by atoms with van der Waals surface area (Å²) in [6, 6.07) is 14.5. The van der Waals surface area contributed by atoms with Gasteiger partial charge in [-0.25, -0.2) is 9.79 Å². The van der Waals surface area contributed by atoms with Crippen molar-refractivity contribution in [3.05, 3.63) is 90.8 Å². The summed E-state index contributed by atoms with van der Waals surface area (Å²) in [5.41, 5.74) is 1.24. The van der Waals surface area contributed by atoms with Gasteiger partial charge in [-0.05, 0) is 36.8 Å². The summed E-state index contributed by atoms with van der Waals surface area (Å²) in [4.78, 5) is 34.2. The third-order valence-corrected chi connectivity index (χ3v) is 7.25. The van der Waals surface area contributed by atoms with Crippen LogP contribution in [-0.4, -0.2) is 38.3 Å². The minimum atomic E-state index is -0.785. The van der Waals surface area contributed by atoms with Crippen LogP contribution >= 0.6 is 11.3 Å². The zero-order chi connectivity index (χ0) is 26.3. The number of allylic oxidation sites excluding steroid dienone is 1. The Hall–Kier alpha value is -4.11. The number of carbonyl (C=O) groups excluding carboxylic acids is 1. The molecule has 1 atom stereocenters. The molecule has 8 nitrogen and oxygen atoms in total. The van der Waals surface area contributed by atoms with E-state index in [0.29, 0.717) is 43.6 Å². The van der Waals surface area contributed by atoms with Crippen LogP contribution in [0.3, 0.4) is 0 Å². The van der Waals surface area contributed by atoms with E-state index in [0.717, 1.165) is 10.8 Å². The lowest BCUT2D eigenvalue weighted by molar-refractivity contribution is -0.139. The molecule has 9 heteroatoms. The molecule has 0 saturated carbocycles. The van der Waals surface area contributed by atoms with Gasteiger partial charge < -0.3 is 18.8 Å². The molecule has 0 N–H and O–H groups in total. The molecule has 37 heavy (non-hydrogen) atoms. The van der Waals surface area contributed by atoms with Gasteiger partial charge in [-0.15, -0.1) is 0 Å². The fourth-order valence-corrected chi connectivity index (χ4v) is 5.62. The predicted molar refractivity (Wildman–Crippen MR) is 144 cm³/mol. The van der Waals surface area contributed by atoms with Crippen molar-refractivity contribution in [2.45, 2.75) is 19.9 Å². The maximum absolute atomic E-state index is 13.9. The zero-order valence-electron chi connectivity index (χ0n) is 21.3. The molecule has 0 spiro atoms. The second-order valence-corrected chi connectivity index (χ2v) is 9.78. The van der Waals surface area contributed by atoms with E-state index >= 15 is 0 Å². The van der Waals surface area contributed by atoms with E-state index in [1.807, 2.05) is 67.5 Å². The largest absolute Gasteiger partial charge is 0.496 e. The van der Waals surface area contributed by atoms with Crippen LogP contribution < -0.4 is 24.5 Å². The highest BCUT2D eigenvalue weighted by atomic mass is 32.1. The number of nitrogens with zero attached hydrogens (tertiary/aromatic N) is 3. The van der Waals surface area contributed by atoms with Gasteiger partial charge in [0.1, 0.15) is 17.6 Å². The summed E-state index contributed by atoms with van der Waals surface area (Å²) in [6.07, 6.45) is 1.71. The molecule has 0 fully saturated rings. The number of anilines is 1. The minimum absolute atomic E-state index is 0.201. The van der Waals surface area contributed by atoms with Crippen molar-refractivity contribution in [1.82, 2.24) is 4.57 Å². The molecular formula is C28H27N3O5S. The van der Waals surface area contributed by atoms with Crippen molar-refractivity contribution in [3.8, 4) is 5.75 Å². The maximum atomic E-state index is 13.9. The Kier molecular flexibility index (Phi) is 6.47. The van der Waals surface area contributed by atoms with Crippen molar-refractivity contribution in [3.63, 3.8) is 0 Å². The van der Waals surface area contributed by atoms with E-state index in [4.69, 9.17) is 13.9 Å². The number of aromatic nitrogens is 1. The topological polar surface area (TPSA) is 86.3 Å². The van der Waals surface area contributed by atoms with Crippen molar-refractivity contribution < 1.29 is 18.7 Å². The minimum Gasteiger partial charge on any atom is -0.496 e. The molecule has 0 aliphatic carbocycles. The van der Waals surface area contributed by atoms with Crippen LogP contribution in [-0.2, 0) is 9.53 Å². The van der Waals surface area contributed by atoms with Crippen LogP contribution in [0.1, 0.15) is 31.2 Å². The third kappa shape index (κ3) is 4.25. The molecule has 2 aromatic heterocycles. The second kappa shape index (κ2) is 9.74. The zero-order valence-corrected chi connectivity index (χ0v) is 22.1. The highest BCUT2D eigenvalue weighted by Gasteiger charge is 2.36. The molecule has 0 amide bonds. The van der Waals surface area contributed by atoms with E-state index in [-0.39, 0.29) is 12.2 Å². The SMILES string of the molecule is CCOC(=O)C1=C(C)N=c2s/c(=C\c3ccc(N(C)C)o3)c(=O)n2C1c1c(OC)ccc2ccccc12. The molecule has 190 valence electrons. The van der Waals surface area contributed by atoms with Gasteiger partial charge in [-0.3, -0.25) is 9.36 Å². The lowest BCUT2D eigenvalue weighted by atomic mass is 9.90. The Morgan fingerprint density at radius 3 is 2.68 bits per heavy atom. The van der Waals surface area contributed by atoms with Gasteiger partial charge in [0.05, 0.1) is 29.5 Å². The summed E-state index contributed by atoms with van der Waals surface area (Å²) in [5, 5.41) is 1.84. The number of esters is 1. The number of hydrogen-bond acceptors (Lipinski definition) is 8. The summed E-state index contributed by atoms with van der Waals surface area (Å²) in [6.45, 7) is 3.72. The van der Waals surface area contributed by atoms with Crippen LogP contribution in [0.2, 0.25) is 0 Å². The highest BCUT2D eigenvalue weighted by molar-refractivity contribution is 7.07. The fraction of sp³-hybridized carbons (Fsp3) is 0.250. The molecular weight excluding hydrogens is 490 g/mol. The van der Waals surface area contributed by atoms with E-state index in [1.165, 1.54) is 11.3 Å². The van der Waals surface area contributed by atoms with Crippen LogP contribution in [0.5, 0.6) is 5.75 Å². The monoisotopic (exact) mass is 517 g/mol. The average molecular weight is 518 g/mol. The van der Waals surface area contributed by atoms with Gasteiger partial charge in [0.2, 0.25) is 0 Å². The number of ether oxygens (including phenoxy) is 2. The number of methoxy groups -OCH3 is 1. The van der Waals surface area contributed by atoms with Crippen LogP contribution in [0.4, 0.5) is 5.88 Å². The molecule has 2 aromatic carbocycles. The summed E-state index contributed by atoms with van der Waals surface area (Å²) in [7, 11) is 5.35. The number of rotatable bonds is 6. The normalized spacial score (nSPS) is 15.5. The van der Waals surface area contributed by atoms with Gasteiger partial charge in [-0.1, -0.05) is 41.7 Å². The van der Waals surface area contributed by atoms with Gasteiger partial charge in [0.25, 0.3) is 5.56 Å². The quantitative estimate of drug-likeness (QED) is 0.363. The van der Waals surface area contributed by atoms with E-state index < -0.39 is 12.0 Å². The van der Waals surface area contributed by atoms with Crippen molar-refractivity contribution in [1.29, 1.82) is 0 Å². The van der Waals surface area contributed by atoms with E-state index in [2.05, 4.69) is 4.99 Å². The van der Waals surface area contributed by atoms with Crippen LogP contribution in [0.15, 0.2) is 74.0 Å². The molecule has 3 heterocycles. The van der Waals surface area contributed by atoms with Gasteiger partial charge in [0.15, 0.2) is 10.7 Å². The highest BCUT2D eigenvalue weighted by Crippen LogP contribution is 2.40. The number of benzene rings is 2. The molecule has 5 rings (SSSR count). The van der Waals surface area contributed by atoms with Gasteiger partial charge in [0, 0.05) is 31.8 Å². The molecule has 1 aliphatic heterocycles. The molecule has 0 saturated heterocycles. The van der Waals surface area contributed by atoms with Crippen molar-refractivity contribution in [2.75, 3.05) is 32.7 Å². The van der Waals surface area contributed by atoms with E-state index in [9.17, 15) is 9.59 Å². The molecule has 0 bridgehead atoms. The third-order valence-electron chi connectivity index (χ3n) is 6.27. The Bertz CT molecular complexity index is 1720. The van der Waals surface area contributed by atoms with Crippen molar-refractivity contribution >= 4 is 40.0 Å². The lowest BCUT2D eigenvalue weighted by Crippen LogP contribution is -2.40. The summed E-state index contributed by atoms with van der Waals surface area (Å²) >= 11 is 1.25. The molecule has 1 unspecified atom stereocenters. The number of hydrogen-bond donors (Lipinski definition) is 0. The Balaban J connectivity index is 1.82. The molecule has 4 aromatic rings. The standard InChI is InChI=1S/C28H27N3O5S/c1-6-35-27(33)23-16(2)29-28-31(26(32)21(37-28)15-18-12-14-22(36-18)30(3)4)25(23)24-19-10-8-7-9-17(19)11-13-20(24)34-5/h7-15,25H,6H2,1-5H3/b21-15-. The first-order valence-corrected chi connectivity index (χ1v) is 12.7. The molecule has 1 aliphatic rings. The smallest absolute Gasteiger partial charge is 0.338 e. The Labute approximate surface area is 217 Å². The fourth-order valence-electron chi connectivity index (χ4n) is 4.59. The second-order valence-electron chi connectivity index (χ2n) is 8.78. The predicted octanol–water partition coefficient (Wildman–Crippen LogP) is 3.62. The lowest BCUT2D eigenvalue weighted by Gasteiger charge is -2.27. The number of carbonyl (C=O) groups is 1. The number of fused-ring (bicyclic) bond motifs is 2. The van der Waals surface area contributed by atoms with Gasteiger partial charge in [-0.2, -0.15) is 0 Å². The Morgan fingerprint density at radius 1 is 1.19 bits per heavy atom. The summed E-state index contributed by atoms with van der Waals surface area (Å²) < 4.78 is 19.1. The van der Waals surface area contributed by atoms with Crippen LogP contribution in [0, 0.1) is 0 Å². The summed E-state index contributed by atoms with van der Waals surface area (Å²) in [5.74, 6) is 1.28.